The molecule has 2 amide bonds. The molecular weight excluding hydrogens is 447 g/mol. The summed E-state index contributed by atoms with van der Waals surface area (Å²) in [6.07, 6.45) is -5.02. The van der Waals surface area contributed by atoms with E-state index in [1.807, 2.05) is 13.8 Å². The SMILES string of the molecule is CC.CC(=O)Nc1ccc(OC[C@](C)(O)C(=O)Nc2ccc([N+](=O)[O-])c(C(F)(F)F)c2)cc1. The van der Waals surface area contributed by atoms with Crippen LogP contribution in [0, 0.1) is 10.1 Å². The molecule has 180 valence electrons. The molecule has 3 N–H and O–H groups in total. The van der Waals surface area contributed by atoms with Crippen molar-refractivity contribution in [3.63, 3.8) is 0 Å². The Hall–Kier alpha value is -3.67. The lowest BCUT2D eigenvalue weighted by Crippen LogP contribution is -2.45. The molecule has 0 aliphatic carbocycles. The van der Waals surface area contributed by atoms with Gasteiger partial charge < -0.3 is 20.5 Å². The van der Waals surface area contributed by atoms with E-state index in [0.29, 0.717) is 17.8 Å². The van der Waals surface area contributed by atoms with Gasteiger partial charge in [-0.1, -0.05) is 13.8 Å². The highest BCUT2D eigenvalue weighted by Gasteiger charge is 2.39. The third-order valence-electron chi connectivity index (χ3n) is 3.94. The van der Waals surface area contributed by atoms with E-state index in [-0.39, 0.29) is 17.3 Å². The standard InChI is InChI=1S/C19H18F3N3O6.C2H6/c1-11(26)23-12-3-6-14(7-4-12)31-10-18(2,28)17(27)24-13-5-8-16(25(29)30)15(9-13)19(20,21)22;1-2/h3-9,28H,10H2,1-2H3,(H,23,26)(H,24,27);1-2H3/t18-;/m0./s1. The van der Waals surface area contributed by atoms with Crippen LogP contribution in [0.25, 0.3) is 0 Å². The summed E-state index contributed by atoms with van der Waals surface area (Å²) in [5.74, 6) is -1.09. The smallest absolute Gasteiger partial charge is 0.423 e. The van der Waals surface area contributed by atoms with Gasteiger partial charge in [0.15, 0.2) is 5.60 Å². The van der Waals surface area contributed by atoms with Gasteiger partial charge in [0.05, 0.1) is 4.92 Å². The third kappa shape index (κ3) is 8.07. The molecule has 0 bridgehead atoms. The zero-order valence-electron chi connectivity index (χ0n) is 18.3. The van der Waals surface area contributed by atoms with Crippen LogP contribution in [0.3, 0.4) is 0 Å². The first-order chi connectivity index (χ1) is 15.3. The maximum Gasteiger partial charge on any atom is 0.423 e. The van der Waals surface area contributed by atoms with Gasteiger partial charge in [-0.25, -0.2) is 0 Å². The number of nitro benzene ring substituents is 1. The van der Waals surface area contributed by atoms with Gasteiger partial charge in [0.1, 0.15) is 17.9 Å². The van der Waals surface area contributed by atoms with Gasteiger partial charge in [0.2, 0.25) is 5.91 Å². The molecule has 0 aromatic heterocycles. The van der Waals surface area contributed by atoms with Crippen LogP contribution in [0.15, 0.2) is 42.5 Å². The van der Waals surface area contributed by atoms with Gasteiger partial charge in [-0.3, -0.25) is 19.7 Å². The molecule has 0 fully saturated rings. The number of carbonyl (C=O) groups excluding carboxylic acids is 2. The molecule has 0 saturated heterocycles. The predicted molar refractivity (Wildman–Crippen MR) is 115 cm³/mol. The van der Waals surface area contributed by atoms with Crippen molar-refractivity contribution in [2.24, 2.45) is 0 Å². The highest BCUT2D eigenvalue weighted by Crippen LogP contribution is 2.37. The largest absolute Gasteiger partial charge is 0.490 e. The number of nitro groups is 1. The van der Waals surface area contributed by atoms with Crippen molar-refractivity contribution in [1.29, 1.82) is 0 Å². The van der Waals surface area contributed by atoms with Crippen LogP contribution in [0.1, 0.15) is 33.3 Å². The van der Waals surface area contributed by atoms with Crippen LogP contribution in [0.4, 0.5) is 30.2 Å². The number of amides is 2. The quantitative estimate of drug-likeness (QED) is 0.406. The highest BCUT2D eigenvalue weighted by molar-refractivity contribution is 5.97. The topological polar surface area (TPSA) is 131 Å². The van der Waals surface area contributed by atoms with E-state index in [0.717, 1.165) is 13.0 Å². The molecule has 0 unspecified atom stereocenters. The van der Waals surface area contributed by atoms with Crippen molar-refractivity contribution in [2.75, 3.05) is 17.2 Å². The number of benzene rings is 2. The normalized spacial score (nSPS) is 12.5. The zero-order chi connectivity index (χ0) is 25.4. The number of halogens is 3. The predicted octanol–water partition coefficient (Wildman–Crippen LogP) is 4.37. The van der Waals surface area contributed by atoms with E-state index >= 15 is 0 Å². The fraction of sp³-hybridized carbons (Fsp3) is 0.333. The molecule has 0 aliphatic rings. The molecule has 2 aromatic rings. The Morgan fingerprint density at radius 3 is 2.09 bits per heavy atom. The van der Waals surface area contributed by atoms with E-state index in [1.165, 1.54) is 31.2 Å². The minimum absolute atomic E-state index is 0.261. The first kappa shape index (κ1) is 27.4. The van der Waals surface area contributed by atoms with Gasteiger partial charge in [-0.05, 0) is 43.3 Å². The van der Waals surface area contributed by atoms with Crippen LogP contribution in [0.2, 0.25) is 0 Å². The number of aliphatic hydroxyl groups is 1. The van der Waals surface area contributed by atoms with E-state index in [2.05, 4.69) is 10.6 Å². The van der Waals surface area contributed by atoms with Gasteiger partial charge >= 0.3 is 6.18 Å². The first-order valence-corrected chi connectivity index (χ1v) is 9.69. The molecule has 0 saturated carbocycles. The minimum atomic E-state index is -5.02. The van der Waals surface area contributed by atoms with Crippen LogP contribution < -0.4 is 15.4 Å². The van der Waals surface area contributed by atoms with Crippen molar-refractivity contribution in [3.05, 3.63) is 58.1 Å². The number of alkyl halides is 3. The zero-order valence-corrected chi connectivity index (χ0v) is 18.3. The molecule has 1 atom stereocenters. The molecule has 33 heavy (non-hydrogen) atoms. The van der Waals surface area contributed by atoms with Gasteiger partial charge in [0, 0.05) is 24.4 Å². The molecule has 0 spiro atoms. The Bertz CT molecular complexity index is 992. The number of nitrogens with zero attached hydrogens (tertiary/aromatic N) is 1. The van der Waals surface area contributed by atoms with E-state index in [9.17, 15) is 38.0 Å². The number of ether oxygens (including phenoxy) is 1. The Labute approximate surface area is 187 Å². The minimum Gasteiger partial charge on any atom is -0.490 e. The van der Waals surface area contributed by atoms with E-state index < -0.39 is 40.5 Å². The van der Waals surface area contributed by atoms with Crippen molar-refractivity contribution in [3.8, 4) is 5.75 Å². The maximum atomic E-state index is 13.1. The number of carbonyl (C=O) groups is 2. The summed E-state index contributed by atoms with van der Waals surface area (Å²) < 4.78 is 44.5. The lowest BCUT2D eigenvalue weighted by Gasteiger charge is -2.23. The van der Waals surface area contributed by atoms with Crippen molar-refractivity contribution in [1.82, 2.24) is 0 Å². The fourth-order valence-electron chi connectivity index (χ4n) is 2.39. The summed E-state index contributed by atoms with van der Waals surface area (Å²) in [6, 6.07) is 7.95. The van der Waals surface area contributed by atoms with E-state index in [4.69, 9.17) is 4.74 Å². The van der Waals surface area contributed by atoms with Crippen molar-refractivity contribution >= 4 is 28.9 Å². The third-order valence-corrected chi connectivity index (χ3v) is 3.94. The van der Waals surface area contributed by atoms with Crippen LogP contribution in [0.5, 0.6) is 5.75 Å². The van der Waals surface area contributed by atoms with Gasteiger partial charge in [-0.15, -0.1) is 0 Å². The summed E-state index contributed by atoms with van der Waals surface area (Å²) in [5.41, 5.74) is -4.73. The van der Waals surface area contributed by atoms with Gasteiger partial charge in [-0.2, -0.15) is 13.2 Å². The Morgan fingerprint density at radius 1 is 1.06 bits per heavy atom. The summed E-state index contributed by atoms with van der Waals surface area (Å²) >= 11 is 0. The van der Waals surface area contributed by atoms with Crippen molar-refractivity contribution in [2.45, 2.75) is 39.5 Å². The maximum absolute atomic E-state index is 13.1. The number of hydrogen-bond donors (Lipinski definition) is 3. The molecule has 12 heteroatoms. The average Bonchev–Trinajstić information content (AvgIpc) is 2.73. The molecule has 0 heterocycles. The fourth-order valence-corrected chi connectivity index (χ4v) is 2.39. The number of rotatable bonds is 7. The highest BCUT2D eigenvalue weighted by atomic mass is 19.4. The molecule has 2 aromatic carbocycles. The summed E-state index contributed by atoms with van der Waals surface area (Å²) in [5, 5.41) is 25.8. The molecule has 0 radical (unpaired) electrons. The second-order valence-electron chi connectivity index (χ2n) is 6.71. The monoisotopic (exact) mass is 471 g/mol. The van der Waals surface area contributed by atoms with Crippen LogP contribution >= 0.6 is 0 Å². The summed E-state index contributed by atoms with van der Waals surface area (Å²) in [4.78, 5) is 32.9. The average molecular weight is 471 g/mol. The lowest BCUT2D eigenvalue weighted by atomic mass is 10.1. The molecular formula is C21H24F3N3O6. The second-order valence-corrected chi connectivity index (χ2v) is 6.71. The number of nitrogens with one attached hydrogen (secondary N) is 2. The Balaban J connectivity index is 0.00000265. The van der Waals surface area contributed by atoms with E-state index in [1.54, 1.807) is 0 Å². The van der Waals surface area contributed by atoms with Crippen LogP contribution in [-0.2, 0) is 15.8 Å². The number of hydrogen-bond acceptors (Lipinski definition) is 6. The van der Waals surface area contributed by atoms with Crippen molar-refractivity contribution < 1.29 is 37.5 Å². The van der Waals surface area contributed by atoms with Gasteiger partial charge in [0.25, 0.3) is 11.6 Å². The second kappa shape index (κ2) is 11.3. The Morgan fingerprint density at radius 2 is 1.61 bits per heavy atom. The summed E-state index contributed by atoms with van der Waals surface area (Å²) in [7, 11) is 0. The molecule has 2 rings (SSSR count). The molecule has 0 aliphatic heterocycles. The Kier molecular flexibility index (Phi) is 9.35. The summed E-state index contributed by atoms with van der Waals surface area (Å²) in [6.45, 7) is 5.88. The first-order valence-electron chi connectivity index (χ1n) is 9.69. The lowest BCUT2D eigenvalue weighted by molar-refractivity contribution is -0.388. The molecule has 9 nitrogen and oxygen atoms in total. The number of anilines is 2. The van der Waals surface area contributed by atoms with Crippen LogP contribution in [-0.4, -0.2) is 34.1 Å².